The number of piperidine rings is 1. The van der Waals surface area contributed by atoms with Gasteiger partial charge in [0, 0.05) is 25.0 Å². The van der Waals surface area contributed by atoms with Gasteiger partial charge in [0.2, 0.25) is 5.91 Å². The van der Waals surface area contributed by atoms with Gasteiger partial charge in [-0.3, -0.25) is 4.79 Å². The second kappa shape index (κ2) is 8.23. The molecular formula is C16H31ClN2O. The summed E-state index contributed by atoms with van der Waals surface area (Å²) >= 11 is 0. The Morgan fingerprint density at radius 3 is 2.55 bits per heavy atom. The molecule has 1 saturated carbocycles. The summed E-state index contributed by atoms with van der Waals surface area (Å²) < 4.78 is 0. The van der Waals surface area contributed by atoms with Crippen LogP contribution in [0.1, 0.15) is 58.8 Å². The van der Waals surface area contributed by atoms with Crippen LogP contribution in [0.15, 0.2) is 0 Å². The average Bonchev–Trinajstić information content (AvgIpc) is 2.90. The van der Waals surface area contributed by atoms with Crippen molar-refractivity contribution in [2.75, 3.05) is 13.1 Å². The summed E-state index contributed by atoms with van der Waals surface area (Å²) in [5, 5.41) is 0. The van der Waals surface area contributed by atoms with Crippen LogP contribution < -0.4 is 5.73 Å². The number of nitrogens with zero attached hydrogens (tertiary/aromatic N) is 1. The summed E-state index contributed by atoms with van der Waals surface area (Å²) in [4.78, 5) is 14.7. The Morgan fingerprint density at radius 1 is 1.30 bits per heavy atom. The van der Waals surface area contributed by atoms with Crippen molar-refractivity contribution < 1.29 is 4.79 Å². The lowest BCUT2D eigenvalue weighted by Gasteiger charge is -2.39. The predicted molar refractivity (Wildman–Crippen MR) is 85.9 cm³/mol. The molecule has 1 aliphatic carbocycles. The summed E-state index contributed by atoms with van der Waals surface area (Å²) in [5.74, 6) is 2.04. The first-order valence-electron chi connectivity index (χ1n) is 8.12. The van der Waals surface area contributed by atoms with E-state index in [-0.39, 0.29) is 24.4 Å². The van der Waals surface area contributed by atoms with Crippen LogP contribution in [0.25, 0.3) is 0 Å². The number of nitrogens with two attached hydrogens (primary N) is 1. The Labute approximate surface area is 130 Å². The third-order valence-corrected chi connectivity index (χ3v) is 5.12. The standard InChI is InChI=1S/C16H30N2O.ClH/c1-12-7-8-18(15(9-12)11-17)16(19)13(2)10-14-5-3-4-6-14;/h12-15H,3-11,17H2,1-2H3;1H. The molecule has 0 bridgehead atoms. The smallest absolute Gasteiger partial charge is 0.225 e. The number of amides is 1. The number of carbonyl (C=O) groups is 1. The molecule has 1 heterocycles. The van der Waals surface area contributed by atoms with Crippen molar-refractivity contribution in [3.05, 3.63) is 0 Å². The summed E-state index contributed by atoms with van der Waals surface area (Å²) in [6.07, 6.45) is 8.68. The van der Waals surface area contributed by atoms with Crippen LogP contribution in [0.5, 0.6) is 0 Å². The van der Waals surface area contributed by atoms with E-state index < -0.39 is 0 Å². The van der Waals surface area contributed by atoms with E-state index in [2.05, 4.69) is 18.7 Å². The second-order valence-corrected chi connectivity index (χ2v) is 6.84. The van der Waals surface area contributed by atoms with Gasteiger partial charge in [-0.15, -0.1) is 12.4 Å². The van der Waals surface area contributed by atoms with Crippen LogP contribution in [0.2, 0.25) is 0 Å². The first-order chi connectivity index (χ1) is 9.11. The van der Waals surface area contributed by atoms with Gasteiger partial charge in [-0.25, -0.2) is 0 Å². The lowest BCUT2D eigenvalue weighted by Crippen LogP contribution is -2.51. The van der Waals surface area contributed by atoms with E-state index in [0.29, 0.717) is 18.4 Å². The largest absolute Gasteiger partial charge is 0.338 e. The molecule has 2 fully saturated rings. The molecule has 0 aromatic heterocycles. The van der Waals surface area contributed by atoms with Crippen LogP contribution >= 0.6 is 12.4 Å². The fourth-order valence-corrected chi connectivity index (χ4v) is 3.90. The number of rotatable bonds is 4. The molecule has 0 spiro atoms. The lowest BCUT2D eigenvalue weighted by atomic mass is 9.89. The number of hydrogen-bond acceptors (Lipinski definition) is 2. The molecule has 0 radical (unpaired) electrons. The highest BCUT2D eigenvalue weighted by atomic mass is 35.5. The maximum atomic E-state index is 12.6. The average molecular weight is 303 g/mol. The van der Waals surface area contributed by atoms with Gasteiger partial charge in [-0.2, -0.15) is 0 Å². The maximum absolute atomic E-state index is 12.6. The van der Waals surface area contributed by atoms with E-state index in [4.69, 9.17) is 5.73 Å². The third kappa shape index (κ3) is 4.36. The van der Waals surface area contributed by atoms with Crippen molar-refractivity contribution in [3.63, 3.8) is 0 Å². The van der Waals surface area contributed by atoms with Gasteiger partial charge in [-0.05, 0) is 31.1 Å². The van der Waals surface area contributed by atoms with Crippen LogP contribution in [0.4, 0.5) is 0 Å². The Bertz CT molecular complexity index is 305. The molecule has 2 rings (SSSR count). The van der Waals surface area contributed by atoms with E-state index >= 15 is 0 Å². The van der Waals surface area contributed by atoms with E-state index in [1.165, 1.54) is 25.7 Å². The first-order valence-corrected chi connectivity index (χ1v) is 8.12. The van der Waals surface area contributed by atoms with Gasteiger partial charge in [0.15, 0.2) is 0 Å². The fourth-order valence-electron chi connectivity index (χ4n) is 3.90. The van der Waals surface area contributed by atoms with Crippen LogP contribution in [-0.2, 0) is 4.79 Å². The minimum Gasteiger partial charge on any atom is -0.338 e. The van der Waals surface area contributed by atoms with Crippen LogP contribution in [-0.4, -0.2) is 29.9 Å². The van der Waals surface area contributed by atoms with Crippen molar-refractivity contribution in [3.8, 4) is 0 Å². The van der Waals surface area contributed by atoms with Gasteiger partial charge in [-0.1, -0.05) is 39.5 Å². The monoisotopic (exact) mass is 302 g/mol. The number of carbonyl (C=O) groups excluding carboxylic acids is 1. The maximum Gasteiger partial charge on any atom is 0.225 e. The third-order valence-electron chi connectivity index (χ3n) is 5.12. The Kier molecular flexibility index (Phi) is 7.32. The highest BCUT2D eigenvalue weighted by Gasteiger charge is 2.32. The Morgan fingerprint density at radius 2 is 1.95 bits per heavy atom. The Hall–Kier alpha value is -0.280. The summed E-state index contributed by atoms with van der Waals surface area (Å²) in [6, 6.07) is 0.280. The van der Waals surface area contributed by atoms with Crippen molar-refractivity contribution in [1.82, 2.24) is 4.90 Å². The molecule has 4 heteroatoms. The van der Waals surface area contributed by atoms with E-state index in [1.54, 1.807) is 0 Å². The topological polar surface area (TPSA) is 46.3 Å². The molecule has 118 valence electrons. The van der Waals surface area contributed by atoms with E-state index in [1.807, 2.05) is 0 Å². The molecule has 20 heavy (non-hydrogen) atoms. The van der Waals surface area contributed by atoms with Gasteiger partial charge < -0.3 is 10.6 Å². The van der Waals surface area contributed by atoms with Crippen LogP contribution in [0.3, 0.4) is 0 Å². The highest BCUT2D eigenvalue weighted by Crippen LogP contribution is 2.32. The highest BCUT2D eigenvalue weighted by molar-refractivity contribution is 5.85. The molecule has 1 saturated heterocycles. The second-order valence-electron chi connectivity index (χ2n) is 6.84. The van der Waals surface area contributed by atoms with Crippen molar-refractivity contribution in [2.24, 2.45) is 23.5 Å². The summed E-state index contributed by atoms with van der Waals surface area (Å²) in [5.41, 5.74) is 5.86. The summed E-state index contributed by atoms with van der Waals surface area (Å²) in [6.45, 7) is 5.92. The minimum absolute atomic E-state index is 0. The van der Waals surface area contributed by atoms with Gasteiger partial charge in [0.25, 0.3) is 0 Å². The first kappa shape index (κ1) is 17.8. The van der Waals surface area contributed by atoms with Crippen molar-refractivity contribution >= 4 is 18.3 Å². The predicted octanol–water partition coefficient (Wildman–Crippen LogP) is 3.21. The zero-order valence-corrected chi connectivity index (χ0v) is 13.8. The normalized spacial score (nSPS) is 29.1. The molecule has 3 unspecified atom stereocenters. The van der Waals surface area contributed by atoms with Crippen molar-refractivity contribution in [2.45, 2.75) is 64.8 Å². The molecule has 2 N–H and O–H groups in total. The molecule has 1 amide bonds. The molecule has 0 aromatic carbocycles. The van der Waals surface area contributed by atoms with Gasteiger partial charge in [0.1, 0.15) is 0 Å². The van der Waals surface area contributed by atoms with E-state index in [0.717, 1.165) is 31.7 Å². The number of halogens is 1. The number of likely N-dealkylation sites (tertiary alicyclic amines) is 1. The van der Waals surface area contributed by atoms with Crippen molar-refractivity contribution in [1.29, 1.82) is 0 Å². The zero-order valence-electron chi connectivity index (χ0n) is 13.0. The zero-order chi connectivity index (χ0) is 13.8. The molecule has 2 aliphatic rings. The summed E-state index contributed by atoms with van der Waals surface area (Å²) in [7, 11) is 0. The lowest BCUT2D eigenvalue weighted by molar-refractivity contribution is -0.139. The van der Waals surface area contributed by atoms with Gasteiger partial charge in [0.05, 0.1) is 0 Å². The number of hydrogen-bond donors (Lipinski definition) is 1. The fraction of sp³-hybridized carbons (Fsp3) is 0.938. The molecule has 3 atom stereocenters. The molecule has 1 aliphatic heterocycles. The molecular weight excluding hydrogens is 272 g/mol. The van der Waals surface area contributed by atoms with Gasteiger partial charge >= 0.3 is 0 Å². The van der Waals surface area contributed by atoms with E-state index in [9.17, 15) is 4.79 Å². The molecule has 3 nitrogen and oxygen atoms in total. The minimum atomic E-state index is 0. The molecule has 0 aromatic rings. The quantitative estimate of drug-likeness (QED) is 0.867. The van der Waals surface area contributed by atoms with Crippen LogP contribution in [0, 0.1) is 17.8 Å². The Balaban J connectivity index is 0.00000200. The SMILES string of the molecule is CC1CCN(C(=O)C(C)CC2CCCC2)C(CN)C1.Cl.